The molecule has 0 aromatic carbocycles. The molecule has 0 aliphatic heterocycles. The molecule has 0 radical (unpaired) electrons. The average molecular weight is 363 g/mol. The van der Waals surface area contributed by atoms with Crippen LogP contribution < -0.4 is 10.5 Å². The van der Waals surface area contributed by atoms with E-state index in [-0.39, 0.29) is 12.2 Å². The van der Waals surface area contributed by atoms with E-state index in [1.807, 2.05) is 22.6 Å². The number of aliphatic hydroxyl groups excluding tert-OH is 1. The zero-order valence-corrected chi connectivity index (χ0v) is 12.4. The summed E-state index contributed by atoms with van der Waals surface area (Å²) in [6.45, 7) is 0.623. The zero-order chi connectivity index (χ0) is 13.0. The smallest absolute Gasteiger partial charge is 0.266 e. The molecule has 1 saturated carbocycles. The molecule has 0 unspecified atom stereocenters. The monoisotopic (exact) mass is 363 g/mol. The van der Waals surface area contributed by atoms with Crippen molar-refractivity contribution in [3.63, 3.8) is 0 Å². The number of hydrogen-bond donors (Lipinski definition) is 2. The predicted molar refractivity (Wildman–Crippen MR) is 78.9 cm³/mol. The SMILES string of the molecule is O=c1[nH]cnc(N(CCO)C2CCCCC2)c1I. The summed E-state index contributed by atoms with van der Waals surface area (Å²) in [4.78, 5) is 20.6. The van der Waals surface area contributed by atoms with Crippen molar-refractivity contribution in [3.8, 4) is 0 Å². The van der Waals surface area contributed by atoms with Crippen molar-refractivity contribution in [1.29, 1.82) is 0 Å². The fraction of sp³-hybridized carbons (Fsp3) is 0.667. The minimum absolute atomic E-state index is 0.0844. The van der Waals surface area contributed by atoms with Crippen LogP contribution in [0.25, 0.3) is 0 Å². The topological polar surface area (TPSA) is 69.2 Å². The molecule has 0 spiro atoms. The van der Waals surface area contributed by atoms with Gasteiger partial charge in [-0.1, -0.05) is 19.3 Å². The number of aliphatic hydroxyl groups is 1. The molecule has 0 saturated heterocycles. The van der Waals surface area contributed by atoms with Gasteiger partial charge in [0.15, 0.2) is 0 Å². The van der Waals surface area contributed by atoms with Crippen molar-refractivity contribution < 1.29 is 5.11 Å². The highest BCUT2D eigenvalue weighted by Gasteiger charge is 2.24. The van der Waals surface area contributed by atoms with E-state index < -0.39 is 0 Å². The molecule has 18 heavy (non-hydrogen) atoms. The van der Waals surface area contributed by atoms with Crippen LogP contribution in [0.4, 0.5) is 5.82 Å². The van der Waals surface area contributed by atoms with Crippen LogP contribution in [0.15, 0.2) is 11.1 Å². The quantitative estimate of drug-likeness (QED) is 0.796. The second kappa shape index (κ2) is 6.51. The van der Waals surface area contributed by atoms with E-state index in [0.717, 1.165) is 12.8 Å². The molecule has 2 rings (SSSR count). The number of aromatic amines is 1. The van der Waals surface area contributed by atoms with Crippen molar-refractivity contribution in [1.82, 2.24) is 9.97 Å². The fourth-order valence-corrected chi connectivity index (χ4v) is 3.14. The maximum Gasteiger partial charge on any atom is 0.266 e. The first kappa shape index (κ1) is 13.8. The summed E-state index contributed by atoms with van der Waals surface area (Å²) in [5.41, 5.74) is -0.112. The first-order valence-corrected chi connectivity index (χ1v) is 7.42. The lowest BCUT2D eigenvalue weighted by Gasteiger charge is -2.35. The van der Waals surface area contributed by atoms with Crippen molar-refractivity contribution in [2.24, 2.45) is 0 Å². The third-order valence-corrected chi connectivity index (χ3v) is 4.38. The van der Waals surface area contributed by atoms with Gasteiger partial charge in [0.25, 0.3) is 5.56 Å². The molecule has 1 heterocycles. The van der Waals surface area contributed by atoms with Crippen molar-refractivity contribution in [2.75, 3.05) is 18.1 Å². The molecule has 1 aromatic heterocycles. The molecule has 100 valence electrons. The van der Waals surface area contributed by atoms with Gasteiger partial charge < -0.3 is 15.0 Å². The van der Waals surface area contributed by atoms with Crippen LogP contribution >= 0.6 is 22.6 Å². The van der Waals surface area contributed by atoms with Gasteiger partial charge in [0.1, 0.15) is 9.39 Å². The number of aromatic nitrogens is 2. The van der Waals surface area contributed by atoms with Gasteiger partial charge in [0.05, 0.1) is 12.9 Å². The number of anilines is 1. The Bertz CT molecular complexity index is 443. The second-order valence-corrected chi connectivity index (χ2v) is 5.66. The normalized spacial score (nSPS) is 16.8. The Labute approximate surface area is 120 Å². The molecular formula is C12H18IN3O2. The Morgan fingerprint density at radius 1 is 1.44 bits per heavy atom. The third-order valence-electron chi connectivity index (χ3n) is 3.41. The van der Waals surface area contributed by atoms with Gasteiger partial charge in [-0.05, 0) is 35.4 Å². The summed E-state index contributed by atoms with van der Waals surface area (Å²) < 4.78 is 0.606. The summed E-state index contributed by atoms with van der Waals surface area (Å²) in [7, 11) is 0. The van der Waals surface area contributed by atoms with E-state index >= 15 is 0 Å². The highest BCUT2D eigenvalue weighted by Crippen LogP contribution is 2.27. The van der Waals surface area contributed by atoms with Gasteiger partial charge in [0.2, 0.25) is 0 Å². The van der Waals surface area contributed by atoms with Crippen LogP contribution in [0.3, 0.4) is 0 Å². The van der Waals surface area contributed by atoms with E-state index in [1.165, 1.54) is 25.6 Å². The van der Waals surface area contributed by atoms with Crippen molar-refractivity contribution in [3.05, 3.63) is 20.3 Å². The largest absolute Gasteiger partial charge is 0.395 e. The summed E-state index contributed by atoms with van der Waals surface area (Å²) in [5, 5.41) is 9.23. The highest BCUT2D eigenvalue weighted by atomic mass is 127. The number of rotatable bonds is 4. The molecule has 1 aliphatic rings. The predicted octanol–water partition coefficient (Wildman–Crippen LogP) is 1.51. The lowest BCUT2D eigenvalue weighted by Crippen LogP contribution is -2.40. The number of H-pyrrole nitrogens is 1. The molecule has 0 atom stereocenters. The molecule has 5 nitrogen and oxygen atoms in total. The Morgan fingerprint density at radius 3 is 2.83 bits per heavy atom. The minimum Gasteiger partial charge on any atom is -0.395 e. The van der Waals surface area contributed by atoms with E-state index in [2.05, 4.69) is 14.9 Å². The molecular weight excluding hydrogens is 345 g/mol. The third kappa shape index (κ3) is 3.03. The van der Waals surface area contributed by atoms with Crippen LogP contribution in [0, 0.1) is 3.57 Å². The van der Waals surface area contributed by atoms with Crippen LogP contribution in [-0.4, -0.2) is 34.3 Å². The lowest BCUT2D eigenvalue weighted by molar-refractivity contribution is 0.289. The zero-order valence-electron chi connectivity index (χ0n) is 10.2. The van der Waals surface area contributed by atoms with E-state index in [9.17, 15) is 9.90 Å². The van der Waals surface area contributed by atoms with Crippen LogP contribution in [0.2, 0.25) is 0 Å². The fourth-order valence-electron chi connectivity index (χ4n) is 2.54. The second-order valence-electron chi connectivity index (χ2n) is 4.58. The Hall–Kier alpha value is -0.630. The maximum atomic E-state index is 11.6. The van der Waals surface area contributed by atoms with Crippen molar-refractivity contribution in [2.45, 2.75) is 38.1 Å². The Balaban J connectivity index is 2.28. The summed E-state index contributed by atoms with van der Waals surface area (Å²) >= 11 is 2.03. The van der Waals surface area contributed by atoms with Crippen LogP contribution in [-0.2, 0) is 0 Å². The molecule has 0 amide bonds. The van der Waals surface area contributed by atoms with Gasteiger partial charge in [0, 0.05) is 12.6 Å². The molecule has 6 heteroatoms. The maximum absolute atomic E-state index is 11.6. The number of halogens is 1. The first-order valence-electron chi connectivity index (χ1n) is 6.34. The molecule has 0 bridgehead atoms. The Kier molecular flexibility index (Phi) is 4.99. The molecule has 1 fully saturated rings. The minimum atomic E-state index is -0.112. The van der Waals surface area contributed by atoms with Gasteiger partial charge in [-0.15, -0.1) is 0 Å². The van der Waals surface area contributed by atoms with Crippen molar-refractivity contribution >= 4 is 28.4 Å². The highest BCUT2D eigenvalue weighted by molar-refractivity contribution is 14.1. The molecule has 2 N–H and O–H groups in total. The van der Waals surface area contributed by atoms with Crippen LogP contribution in [0.5, 0.6) is 0 Å². The number of nitrogens with zero attached hydrogens (tertiary/aromatic N) is 2. The van der Waals surface area contributed by atoms with Gasteiger partial charge >= 0.3 is 0 Å². The molecule has 1 aromatic rings. The molecule has 1 aliphatic carbocycles. The van der Waals surface area contributed by atoms with Gasteiger partial charge in [-0.3, -0.25) is 4.79 Å². The van der Waals surface area contributed by atoms with Gasteiger partial charge in [-0.25, -0.2) is 4.98 Å². The van der Waals surface area contributed by atoms with E-state index in [1.54, 1.807) is 0 Å². The Morgan fingerprint density at radius 2 is 2.17 bits per heavy atom. The standard InChI is InChI=1S/C12H18IN3O2/c13-10-11(14-8-15-12(10)18)16(6-7-17)9-4-2-1-3-5-9/h8-9,17H,1-7H2,(H,14,15,18). The lowest BCUT2D eigenvalue weighted by atomic mass is 9.94. The van der Waals surface area contributed by atoms with Crippen LogP contribution in [0.1, 0.15) is 32.1 Å². The van der Waals surface area contributed by atoms with Gasteiger partial charge in [-0.2, -0.15) is 0 Å². The van der Waals surface area contributed by atoms with E-state index in [4.69, 9.17) is 0 Å². The number of nitrogens with one attached hydrogen (secondary N) is 1. The first-order chi connectivity index (χ1) is 8.74. The average Bonchev–Trinajstić information content (AvgIpc) is 2.41. The summed E-state index contributed by atoms with van der Waals surface area (Å²) in [5.74, 6) is 0.709. The summed E-state index contributed by atoms with van der Waals surface area (Å²) in [6.07, 6.45) is 7.38. The van der Waals surface area contributed by atoms with E-state index in [0.29, 0.717) is 22.0 Å². The number of hydrogen-bond acceptors (Lipinski definition) is 4. The summed E-state index contributed by atoms with van der Waals surface area (Å²) in [6, 6.07) is 0.397.